The second-order valence-corrected chi connectivity index (χ2v) is 5.60. The predicted molar refractivity (Wildman–Crippen MR) is 80.8 cm³/mol. The first-order valence-electron chi connectivity index (χ1n) is 7.51. The van der Waals surface area contributed by atoms with Gasteiger partial charge in [-0.05, 0) is 30.7 Å². The van der Waals surface area contributed by atoms with Crippen molar-refractivity contribution in [2.45, 2.75) is 12.8 Å². The van der Waals surface area contributed by atoms with Crippen molar-refractivity contribution in [2.24, 2.45) is 11.8 Å². The second kappa shape index (κ2) is 6.56. The van der Waals surface area contributed by atoms with Gasteiger partial charge in [0.15, 0.2) is 0 Å². The molecule has 1 saturated heterocycles. The maximum Gasteiger partial charge on any atom is 0.317 e. The van der Waals surface area contributed by atoms with Gasteiger partial charge >= 0.3 is 6.03 Å². The maximum atomic E-state index is 12.1. The van der Waals surface area contributed by atoms with E-state index in [0.717, 1.165) is 25.9 Å². The zero-order chi connectivity index (χ0) is 14.5. The molecule has 1 aliphatic carbocycles. The van der Waals surface area contributed by atoms with E-state index < -0.39 is 0 Å². The molecule has 2 aliphatic rings. The number of carbonyl (C=O) groups excluding carboxylic acids is 1. The van der Waals surface area contributed by atoms with E-state index >= 15 is 0 Å². The van der Waals surface area contributed by atoms with Gasteiger partial charge in [-0.3, -0.25) is 0 Å². The quantitative estimate of drug-likeness (QED) is 0.650. The largest absolute Gasteiger partial charge is 0.352 e. The van der Waals surface area contributed by atoms with E-state index in [-0.39, 0.29) is 6.03 Å². The number of aromatic nitrogens is 2. The van der Waals surface area contributed by atoms with Crippen LogP contribution < -0.4 is 10.6 Å². The molecule has 1 aromatic heterocycles. The number of amides is 2. The number of hydrogen-bond acceptors (Lipinski definition) is 4. The van der Waals surface area contributed by atoms with Crippen molar-refractivity contribution in [1.82, 2.24) is 20.2 Å². The molecule has 3 rings (SSSR count). The minimum absolute atomic E-state index is 0.0418. The van der Waals surface area contributed by atoms with Crippen LogP contribution in [0.4, 0.5) is 10.7 Å². The summed E-state index contributed by atoms with van der Waals surface area (Å²) in [4.78, 5) is 22.2. The molecule has 1 aromatic rings. The smallest absolute Gasteiger partial charge is 0.317 e. The van der Waals surface area contributed by atoms with Crippen LogP contribution in [0, 0.1) is 11.8 Å². The van der Waals surface area contributed by atoms with Crippen molar-refractivity contribution in [2.75, 3.05) is 31.5 Å². The molecule has 0 saturated carbocycles. The summed E-state index contributed by atoms with van der Waals surface area (Å²) >= 11 is 0. The lowest BCUT2D eigenvalue weighted by Gasteiger charge is -2.17. The number of likely N-dealkylation sites (tertiary alicyclic amines) is 1. The highest BCUT2D eigenvalue weighted by Crippen LogP contribution is 2.32. The van der Waals surface area contributed by atoms with E-state index in [1.54, 1.807) is 18.5 Å². The molecule has 0 spiro atoms. The third kappa shape index (κ3) is 3.51. The van der Waals surface area contributed by atoms with E-state index in [0.29, 0.717) is 30.9 Å². The predicted octanol–water partition coefficient (Wildman–Crippen LogP) is 1.50. The molecule has 0 unspecified atom stereocenters. The van der Waals surface area contributed by atoms with Crippen molar-refractivity contribution in [3.8, 4) is 0 Å². The third-order valence-electron chi connectivity index (χ3n) is 4.16. The Morgan fingerprint density at radius 2 is 1.81 bits per heavy atom. The zero-order valence-corrected chi connectivity index (χ0v) is 12.0. The van der Waals surface area contributed by atoms with Crippen molar-refractivity contribution in [3.63, 3.8) is 0 Å². The fourth-order valence-corrected chi connectivity index (χ4v) is 3.03. The lowest BCUT2D eigenvalue weighted by atomic mass is 9.86. The van der Waals surface area contributed by atoms with E-state index in [2.05, 4.69) is 32.8 Å². The van der Waals surface area contributed by atoms with Crippen LogP contribution in [0.5, 0.6) is 0 Å². The highest BCUT2D eigenvalue weighted by atomic mass is 16.2. The van der Waals surface area contributed by atoms with Gasteiger partial charge in [0.2, 0.25) is 5.95 Å². The van der Waals surface area contributed by atoms with Crippen LogP contribution in [0.15, 0.2) is 30.6 Å². The summed E-state index contributed by atoms with van der Waals surface area (Å²) in [5.41, 5.74) is 0. The molecular weight excluding hydrogens is 266 g/mol. The molecule has 1 aliphatic heterocycles. The van der Waals surface area contributed by atoms with Crippen molar-refractivity contribution < 1.29 is 4.79 Å². The summed E-state index contributed by atoms with van der Waals surface area (Å²) in [6.45, 7) is 2.96. The molecule has 1 fully saturated rings. The first-order chi connectivity index (χ1) is 10.3. The Kier molecular flexibility index (Phi) is 4.33. The Morgan fingerprint density at radius 1 is 1.14 bits per heavy atom. The van der Waals surface area contributed by atoms with Gasteiger partial charge in [-0.25, -0.2) is 14.8 Å². The first kappa shape index (κ1) is 13.9. The third-order valence-corrected chi connectivity index (χ3v) is 4.16. The van der Waals surface area contributed by atoms with Gasteiger partial charge in [-0.2, -0.15) is 0 Å². The van der Waals surface area contributed by atoms with Crippen LogP contribution in [0.25, 0.3) is 0 Å². The molecule has 21 heavy (non-hydrogen) atoms. The fraction of sp³-hybridized carbons (Fsp3) is 0.533. The van der Waals surface area contributed by atoms with Crippen LogP contribution in [-0.2, 0) is 0 Å². The minimum atomic E-state index is 0.0418. The second-order valence-electron chi connectivity index (χ2n) is 5.60. The number of nitrogens with zero attached hydrogens (tertiary/aromatic N) is 3. The van der Waals surface area contributed by atoms with Crippen molar-refractivity contribution in [1.29, 1.82) is 0 Å². The zero-order valence-electron chi connectivity index (χ0n) is 12.0. The van der Waals surface area contributed by atoms with E-state index in [1.807, 2.05) is 4.90 Å². The van der Waals surface area contributed by atoms with Crippen LogP contribution >= 0.6 is 0 Å². The molecule has 6 heteroatoms. The van der Waals surface area contributed by atoms with Gasteiger partial charge in [-0.1, -0.05) is 12.2 Å². The monoisotopic (exact) mass is 287 g/mol. The first-order valence-corrected chi connectivity index (χ1v) is 7.51. The summed E-state index contributed by atoms with van der Waals surface area (Å²) in [5.74, 6) is 1.89. The average Bonchev–Trinajstić information content (AvgIpc) is 2.96. The molecular formula is C15H21N5O. The molecule has 2 amide bonds. The molecule has 112 valence electrons. The molecule has 6 nitrogen and oxygen atoms in total. The highest BCUT2D eigenvalue weighted by Gasteiger charge is 2.34. The Bertz CT molecular complexity index is 488. The molecule has 0 bridgehead atoms. The Labute approximate surface area is 124 Å². The topological polar surface area (TPSA) is 70.1 Å². The lowest BCUT2D eigenvalue weighted by Crippen LogP contribution is -2.40. The highest BCUT2D eigenvalue weighted by molar-refractivity contribution is 5.74. The number of allylic oxidation sites excluding steroid dienone is 2. The maximum absolute atomic E-state index is 12.1. The summed E-state index contributed by atoms with van der Waals surface area (Å²) < 4.78 is 0. The van der Waals surface area contributed by atoms with Crippen LogP contribution in [-0.4, -0.2) is 47.1 Å². The molecule has 2 atom stereocenters. The normalized spacial score (nSPS) is 23.7. The van der Waals surface area contributed by atoms with Gasteiger partial charge in [-0.15, -0.1) is 0 Å². The van der Waals surface area contributed by atoms with Crippen molar-refractivity contribution >= 4 is 12.0 Å². The summed E-state index contributed by atoms with van der Waals surface area (Å²) in [6.07, 6.45) is 10.1. The minimum Gasteiger partial charge on any atom is -0.352 e. The van der Waals surface area contributed by atoms with E-state index in [4.69, 9.17) is 0 Å². The molecule has 0 radical (unpaired) electrons. The Hall–Kier alpha value is -2.11. The fourth-order valence-electron chi connectivity index (χ4n) is 3.03. The van der Waals surface area contributed by atoms with Gasteiger partial charge < -0.3 is 15.5 Å². The number of anilines is 1. The number of hydrogen-bond donors (Lipinski definition) is 2. The standard InChI is InChI=1S/C15H21N5O/c21-15(19-9-8-18-14-16-6-3-7-17-14)20-10-12-4-1-2-5-13(12)11-20/h1-3,6-7,12-13H,4-5,8-11H2,(H,19,21)(H,16,17,18)/t12-,13-/m0/s1. The number of nitrogens with one attached hydrogen (secondary N) is 2. The Balaban J connectivity index is 1.37. The van der Waals surface area contributed by atoms with E-state index in [9.17, 15) is 4.79 Å². The van der Waals surface area contributed by atoms with Gasteiger partial charge in [0, 0.05) is 38.6 Å². The van der Waals surface area contributed by atoms with Gasteiger partial charge in [0.05, 0.1) is 0 Å². The Morgan fingerprint density at radius 3 is 2.48 bits per heavy atom. The number of urea groups is 1. The number of carbonyl (C=O) groups is 1. The van der Waals surface area contributed by atoms with Crippen LogP contribution in [0.2, 0.25) is 0 Å². The van der Waals surface area contributed by atoms with Gasteiger partial charge in [0.1, 0.15) is 0 Å². The van der Waals surface area contributed by atoms with Crippen molar-refractivity contribution in [3.05, 3.63) is 30.6 Å². The summed E-state index contributed by atoms with van der Waals surface area (Å²) in [7, 11) is 0. The molecule has 0 aromatic carbocycles. The van der Waals surface area contributed by atoms with Gasteiger partial charge in [0.25, 0.3) is 0 Å². The molecule has 2 heterocycles. The summed E-state index contributed by atoms with van der Waals surface area (Å²) in [6, 6.07) is 1.81. The SMILES string of the molecule is O=C(NCCNc1ncccn1)N1C[C@@H]2CC=CC[C@H]2C1. The van der Waals surface area contributed by atoms with Crippen LogP contribution in [0.3, 0.4) is 0 Å². The lowest BCUT2D eigenvalue weighted by molar-refractivity contribution is 0.207. The average molecular weight is 287 g/mol. The summed E-state index contributed by atoms with van der Waals surface area (Å²) in [5, 5.41) is 6.03. The van der Waals surface area contributed by atoms with Crippen LogP contribution in [0.1, 0.15) is 12.8 Å². The number of fused-ring (bicyclic) bond motifs is 1. The van der Waals surface area contributed by atoms with E-state index in [1.165, 1.54) is 0 Å². The number of rotatable bonds is 4. The molecule has 2 N–H and O–H groups in total.